The van der Waals surface area contributed by atoms with Crippen molar-refractivity contribution in [2.75, 3.05) is 0 Å². The van der Waals surface area contributed by atoms with Crippen molar-refractivity contribution in [3.05, 3.63) is 18.0 Å². The van der Waals surface area contributed by atoms with Gasteiger partial charge in [-0.2, -0.15) is 5.10 Å². The van der Waals surface area contributed by atoms with Crippen LogP contribution in [0.4, 0.5) is 0 Å². The number of hydrogen-bond acceptors (Lipinski definition) is 1. The van der Waals surface area contributed by atoms with E-state index in [4.69, 9.17) is 0 Å². The van der Waals surface area contributed by atoms with Gasteiger partial charge >= 0.3 is 0 Å². The molecule has 0 amide bonds. The van der Waals surface area contributed by atoms with Gasteiger partial charge in [0.1, 0.15) is 0 Å². The third-order valence-corrected chi connectivity index (χ3v) is 2.63. The third-order valence-electron chi connectivity index (χ3n) is 2.63. The molecule has 0 N–H and O–H groups in total. The highest BCUT2D eigenvalue weighted by molar-refractivity contribution is 5.06. The van der Waals surface area contributed by atoms with E-state index in [1.54, 1.807) is 0 Å². The zero-order valence-corrected chi connectivity index (χ0v) is 7.99. The molecular weight excluding hydrogens is 148 g/mol. The Morgan fingerprint density at radius 2 is 2.25 bits per heavy atom. The standard InChI is InChI=1S/C10H16N2/c1-7(2)9-4-5-12(11-9)10-6-8(10)3/h4-5,7-8,10H,6H2,1-3H3. The molecule has 1 aliphatic rings. The van der Waals surface area contributed by atoms with Crippen LogP contribution in [-0.4, -0.2) is 9.78 Å². The van der Waals surface area contributed by atoms with Crippen molar-refractivity contribution < 1.29 is 0 Å². The van der Waals surface area contributed by atoms with E-state index in [0.717, 1.165) is 5.92 Å². The number of rotatable bonds is 2. The smallest absolute Gasteiger partial charge is 0.0650 e. The normalized spacial score (nSPS) is 28.0. The van der Waals surface area contributed by atoms with Crippen LogP contribution >= 0.6 is 0 Å². The van der Waals surface area contributed by atoms with Crippen molar-refractivity contribution in [3.8, 4) is 0 Å². The van der Waals surface area contributed by atoms with Gasteiger partial charge in [-0.05, 0) is 24.3 Å². The van der Waals surface area contributed by atoms with E-state index in [9.17, 15) is 0 Å². The molecule has 0 radical (unpaired) electrons. The van der Waals surface area contributed by atoms with Crippen molar-refractivity contribution in [1.29, 1.82) is 0 Å². The maximum Gasteiger partial charge on any atom is 0.0650 e. The van der Waals surface area contributed by atoms with E-state index < -0.39 is 0 Å². The Hall–Kier alpha value is -0.790. The lowest BCUT2D eigenvalue weighted by molar-refractivity contribution is 0.589. The van der Waals surface area contributed by atoms with Crippen LogP contribution in [0.25, 0.3) is 0 Å². The van der Waals surface area contributed by atoms with Crippen LogP contribution in [0, 0.1) is 5.92 Å². The Kier molecular flexibility index (Phi) is 1.71. The summed E-state index contributed by atoms with van der Waals surface area (Å²) in [6, 6.07) is 2.83. The Morgan fingerprint density at radius 1 is 1.58 bits per heavy atom. The first-order chi connectivity index (χ1) is 5.68. The van der Waals surface area contributed by atoms with E-state index in [0.29, 0.717) is 12.0 Å². The Bertz CT molecular complexity index is 275. The van der Waals surface area contributed by atoms with Crippen LogP contribution in [0.2, 0.25) is 0 Å². The molecule has 2 atom stereocenters. The van der Waals surface area contributed by atoms with Crippen molar-refractivity contribution in [1.82, 2.24) is 9.78 Å². The average molecular weight is 164 g/mol. The van der Waals surface area contributed by atoms with Gasteiger partial charge in [0.15, 0.2) is 0 Å². The summed E-state index contributed by atoms with van der Waals surface area (Å²) in [6.45, 7) is 6.65. The molecule has 1 aromatic heterocycles. The van der Waals surface area contributed by atoms with Gasteiger partial charge in [0.05, 0.1) is 11.7 Å². The van der Waals surface area contributed by atoms with E-state index >= 15 is 0 Å². The summed E-state index contributed by atoms with van der Waals surface area (Å²) >= 11 is 0. The van der Waals surface area contributed by atoms with Crippen molar-refractivity contribution in [3.63, 3.8) is 0 Å². The fourth-order valence-electron chi connectivity index (χ4n) is 1.52. The first-order valence-corrected chi connectivity index (χ1v) is 4.73. The first-order valence-electron chi connectivity index (χ1n) is 4.73. The van der Waals surface area contributed by atoms with Gasteiger partial charge in [-0.15, -0.1) is 0 Å². The molecule has 1 saturated carbocycles. The number of aromatic nitrogens is 2. The summed E-state index contributed by atoms with van der Waals surface area (Å²) < 4.78 is 2.12. The van der Waals surface area contributed by atoms with Crippen LogP contribution in [0.5, 0.6) is 0 Å². The van der Waals surface area contributed by atoms with Crippen molar-refractivity contribution in [2.45, 2.75) is 39.2 Å². The molecule has 2 nitrogen and oxygen atoms in total. The van der Waals surface area contributed by atoms with E-state index in [2.05, 4.69) is 42.8 Å². The minimum absolute atomic E-state index is 0.556. The molecule has 0 bridgehead atoms. The van der Waals surface area contributed by atoms with Crippen LogP contribution in [0.3, 0.4) is 0 Å². The monoisotopic (exact) mass is 164 g/mol. The van der Waals surface area contributed by atoms with Gasteiger partial charge in [-0.3, -0.25) is 4.68 Å². The zero-order chi connectivity index (χ0) is 8.72. The van der Waals surface area contributed by atoms with E-state index in [-0.39, 0.29) is 0 Å². The molecule has 2 heteroatoms. The second-order valence-electron chi connectivity index (χ2n) is 4.16. The highest BCUT2D eigenvalue weighted by Crippen LogP contribution is 2.42. The quantitative estimate of drug-likeness (QED) is 0.657. The molecule has 2 rings (SSSR count). The maximum atomic E-state index is 4.54. The predicted molar refractivity (Wildman–Crippen MR) is 49.1 cm³/mol. The zero-order valence-electron chi connectivity index (χ0n) is 7.99. The Morgan fingerprint density at radius 3 is 2.67 bits per heavy atom. The molecule has 0 spiro atoms. The van der Waals surface area contributed by atoms with Gasteiger partial charge in [-0.25, -0.2) is 0 Å². The van der Waals surface area contributed by atoms with Gasteiger partial charge in [-0.1, -0.05) is 20.8 Å². The fraction of sp³-hybridized carbons (Fsp3) is 0.700. The Labute approximate surface area is 73.6 Å². The molecule has 66 valence electrons. The summed E-state index contributed by atoms with van der Waals surface area (Å²) in [5.74, 6) is 1.39. The van der Waals surface area contributed by atoms with Gasteiger partial charge < -0.3 is 0 Å². The van der Waals surface area contributed by atoms with Crippen LogP contribution in [0.1, 0.15) is 44.8 Å². The highest BCUT2D eigenvalue weighted by atomic mass is 15.3. The summed E-state index contributed by atoms with van der Waals surface area (Å²) in [6.07, 6.45) is 3.42. The molecule has 0 saturated heterocycles. The lowest BCUT2D eigenvalue weighted by Crippen LogP contribution is -1.98. The topological polar surface area (TPSA) is 17.8 Å². The van der Waals surface area contributed by atoms with E-state index in [1.165, 1.54) is 12.1 Å². The predicted octanol–water partition coefficient (Wildman–Crippen LogP) is 2.59. The van der Waals surface area contributed by atoms with Gasteiger partial charge in [0.25, 0.3) is 0 Å². The van der Waals surface area contributed by atoms with E-state index in [1.807, 2.05) is 0 Å². The van der Waals surface area contributed by atoms with Gasteiger partial charge in [0.2, 0.25) is 0 Å². The highest BCUT2D eigenvalue weighted by Gasteiger charge is 2.34. The second kappa shape index (κ2) is 2.61. The first kappa shape index (κ1) is 7.84. The molecule has 1 aromatic rings. The minimum Gasteiger partial charge on any atom is -0.269 e. The van der Waals surface area contributed by atoms with Gasteiger partial charge in [0, 0.05) is 6.20 Å². The largest absolute Gasteiger partial charge is 0.269 e. The molecule has 2 unspecified atom stereocenters. The number of hydrogen-bond donors (Lipinski definition) is 0. The molecule has 1 heterocycles. The average Bonchev–Trinajstić information content (AvgIpc) is 2.59. The molecular formula is C10H16N2. The second-order valence-corrected chi connectivity index (χ2v) is 4.16. The van der Waals surface area contributed by atoms with Crippen molar-refractivity contribution >= 4 is 0 Å². The summed E-state index contributed by atoms with van der Waals surface area (Å²) in [4.78, 5) is 0. The molecule has 1 fully saturated rings. The lowest BCUT2D eigenvalue weighted by Gasteiger charge is -1.99. The summed E-state index contributed by atoms with van der Waals surface area (Å²) in [5.41, 5.74) is 1.22. The van der Waals surface area contributed by atoms with Crippen molar-refractivity contribution in [2.24, 2.45) is 5.92 Å². The molecule has 0 aromatic carbocycles. The lowest BCUT2D eigenvalue weighted by atomic mass is 10.1. The summed E-state index contributed by atoms with van der Waals surface area (Å²) in [5, 5.41) is 4.54. The molecule has 1 aliphatic carbocycles. The SMILES string of the molecule is CC(C)c1ccn(C2CC2C)n1. The van der Waals surface area contributed by atoms with Crippen LogP contribution in [0.15, 0.2) is 12.3 Å². The van der Waals surface area contributed by atoms with Crippen LogP contribution in [-0.2, 0) is 0 Å². The third kappa shape index (κ3) is 1.26. The maximum absolute atomic E-state index is 4.54. The Balaban J connectivity index is 2.14. The number of nitrogens with zero attached hydrogens (tertiary/aromatic N) is 2. The van der Waals surface area contributed by atoms with Crippen LogP contribution < -0.4 is 0 Å². The minimum atomic E-state index is 0.556. The molecule has 0 aliphatic heterocycles. The molecule has 12 heavy (non-hydrogen) atoms. The summed E-state index contributed by atoms with van der Waals surface area (Å²) in [7, 11) is 0. The fourth-order valence-corrected chi connectivity index (χ4v) is 1.52.